The van der Waals surface area contributed by atoms with Crippen molar-refractivity contribution in [2.45, 2.75) is 30.3 Å². The minimum atomic E-state index is 0.102. The summed E-state index contributed by atoms with van der Waals surface area (Å²) in [7, 11) is 0. The maximum absolute atomic E-state index is 12.2. The van der Waals surface area contributed by atoms with Crippen molar-refractivity contribution < 1.29 is 4.79 Å². The van der Waals surface area contributed by atoms with E-state index in [2.05, 4.69) is 45.5 Å². The Balaban J connectivity index is 1.39. The Bertz CT molecular complexity index is 651. The number of thioether (sulfide) groups is 1. The van der Waals surface area contributed by atoms with E-state index in [1.165, 1.54) is 17.3 Å². The summed E-state index contributed by atoms with van der Waals surface area (Å²) in [6, 6.07) is 16.6. The average molecular weight is 356 g/mol. The van der Waals surface area contributed by atoms with E-state index in [0.29, 0.717) is 5.75 Å². The lowest BCUT2D eigenvalue weighted by Gasteiger charge is -2.33. The molecule has 2 heterocycles. The van der Waals surface area contributed by atoms with Crippen LogP contribution in [0.2, 0.25) is 0 Å². The fourth-order valence-corrected chi connectivity index (χ4v) is 3.82. The molecule has 0 saturated carbocycles. The first kappa shape index (κ1) is 18.0. The van der Waals surface area contributed by atoms with E-state index in [4.69, 9.17) is 0 Å². The smallest absolute Gasteiger partial charge is 0.230 e. The highest BCUT2D eigenvalue weighted by Crippen LogP contribution is 2.15. The summed E-state index contributed by atoms with van der Waals surface area (Å²) in [4.78, 5) is 18.9. The van der Waals surface area contributed by atoms with Crippen molar-refractivity contribution in [2.24, 2.45) is 0 Å². The van der Waals surface area contributed by atoms with Gasteiger partial charge in [0.05, 0.1) is 10.8 Å². The second-order valence-corrected chi connectivity index (χ2v) is 7.40. The molecule has 3 rings (SSSR count). The molecular formula is C20H25N3OS. The van der Waals surface area contributed by atoms with Crippen molar-refractivity contribution in [3.05, 3.63) is 60.3 Å². The second kappa shape index (κ2) is 9.59. The van der Waals surface area contributed by atoms with Gasteiger partial charge in [0.2, 0.25) is 5.91 Å². The molecule has 1 aliphatic heterocycles. The molecule has 25 heavy (non-hydrogen) atoms. The highest BCUT2D eigenvalue weighted by molar-refractivity contribution is 7.99. The third-order valence-electron chi connectivity index (χ3n) is 4.42. The number of pyridine rings is 1. The van der Waals surface area contributed by atoms with Crippen LogP contribution in [-0.4, -0.2) is 47.2 Å². The molecule has 1 fully saturated rings. The Kier molecular flexibility index (Phi) is 6.89. The quantitative estimate of drug-likeness (QED) is 0.776. The number of rotatable bonds is 7. The maximum atomic E-state index is 12.2. The molecule has 132 valence electrons. The van der Waals surface area contributed by atoms with Crippen LogP contribution in [0.4, 0.5) is 0 Å². The molecule has 1 aliphatic rings. The largest absolute Gasteiger partial charge is 0.351 e. The number of carbonyl (C=O) groups is 1. The summed E-state index contributed by atoms with van der Waals surface area (Å²) in [5.41, 5.74) is 1.38. The lowest BCUT2D eigenvalue weighted by molar-refractivity contribution is -0.119. The number of piperidine rings is 1. The first-order valence-electron chi connectivity index (χ1n) is 8.89. The highest BCUT2D eigenvalue weighted by atomic mass is 32.2. The number of aromatic nitrogens is 1. The van der Waals surface area contributed by atoms with Gasteiger partial charge in [-0.1, -0.05) is 48.2 Å². The molecule has 1 N–H and O–H groups in total. The first-order chi connectivity index (χ1) is 12.3. The molecule has 4 nitrogen and oxygen atoms in total. The van der Waals surface area contributed by atoms with E-state index in [0.717, 1.165) is 43.9 Å². The van der Waals surface area contributed by atoms with Crippen LogP contribution in [0.25, 0.3) is 0 Å². The van der Waals surface area contributed by atoms with Gasteiger partial charge in [-0.2, -0.15) is 0 Å². The minimum Gasteiger partial charge on any atom is -0.351 e. The van der Waals surface area contributed by atoms with Crippen LogP contribution in [0.3, 0.4) is 0 Å². The number of hydrogen-bond acceptors (Lipinski definition) is 4. The van der Waals surface area contributed by atoms with Gasteiger partial charge in [0.25, 0.3) is 0 Å². The lowest BCUT2D eigenvalue weighted by atomic mass is 10.0. The highest BCUT2D eigenvalue weighted by Gasteiger charge is 2.21. The fraction of sp³-hybridized carbons (Fsp3) is 0.400. The molecule has 0 bridgehead atoms. The van der Waals surface area contributed by atoms with Crippen molar-refractivity contribution in [1.29, 1.82) is 0 Å². The van der Waals surface area contributed by atoms with E-state index in [-0.39, 0.29) is 11.9 Å². The van der Waals surface area contributed by atoms with Gasteiger partial charge in [-0.3, -0.25) is 4.79 Å². The molecule has 2 aromatic rings. The summed E-state index contributed by atoms with van der Waals surface area (Å²) in [5, 5.41) is 4.08. The topological polar surface area (TPSA) is 45.2 Å². The van der Waals surface area contributed by atoms with Crippen LogP contribution in [0.15, 0.2) is 59.8 Å². The summed E-state index contributed by atoms with van der Waals surface area (Å²) in [6.45, 7) is 3.13. The summed E-state index contributed by atoms with van der Waals surface area (Å²) in [6.07, 6.45) is 5.04. The monoisotopic (exact) mass is 355 g/mol. The molecule has 1 aromatic carbocycles. The number of benzene rings is 1. The standard InChI is InChI=1S/C20H25N3OS/c24-19(16-25-20-10-4-5-12-21-20)22-18-9-6-13-23(15-18)14-11-17-7-2-1-3-8-17/h1-5,7-8,10,12,18H,6,9,11,13-16H2,(H,22,24)/t18-/m0/s1. The SMILES string of the molecule is O=C(CSc1ccccn1)N[C@H]1CCCN(CCc2ccccc2)C1. The van der Waals surface area contributed by atoms with Gasteiger partial charge in [-0.25, -0.2) is 4.98 Å². The van der Waals surface area contributed by atoms with Gasteiger partial charge < -0.3 is 10.2 Å². The van der Waals surface area contributed by atoms with Gasteiger partial charge in [0.1, 0.15) is 0 Å². The molecule has 1 aromatic heterocycles. The molecule has 1 amide bonds. The lowest BCUT2D eigenvalue weighted by Crippen LogP contribution is -2.48. The molecule has 1 saturated heterocycles. The van der Waals surface area contributed by atoms with Crippen LogP contribution >= 0.6 is 11.8 Å². The average Bonchev–Trinajstić information content (AvgIpc) is 2.67. The molecule has 5 heteroatoms. The number of carbonyl (C=O) groups excluding carboxylic acids is 1. The van der Waals surface area contributed by atoms with Crippen molar-refractivity contribution in [2.75, 3.05) is 25.4 Å². The zero-order valence-electron chi connectivity index (χ0n) is 14.4. The number of nitrogens with one attached hydrogen (secondary N) is 1. The third-order valence-corrected chi connectivity index (χ3v) is 5.36. The maximum Gasteiger partial charge on any atom is 0.230 e. The molecular weight excluding hydrogens is 330 g/mol. The predicted molar refractivity (Wildman–Crippen MR) is 103 cm³/mol. The summed E-state index contributed by atoms with van der Waals surface area (Å²) in [5.74, 6) is 0.530. The summed E-state index contributed by atoms with van der Waals surface area (Å²) >= 11 is 1.49. The van der Waals surface area contributed by atoms with E-state index in [1.54, 1.807) is 6.20 Å². The van der Waals surface area contributed by atoms with Crippen LogP contribution in [0.1, 0.15) is 18.4 Å². The van der Waals surface area contributed by atoms with E-state index >= 15 is 0 Å². The molecule has 0 aliphatic carbocycles. The van der Waals surface area contributed by atoms with Gasteiger partial charge in [0.15, 0.2) is 0 Å². The van der Waals surface area contributed by atoms with Crippen LogP contribution in [0.5, 0.6) is 0 Å². The Morgan fingerprint density at radius 2 is 2.04 bits per heavy atom. The van der Waals surface area contributed by atoms with Crippen LogP contribution in [0, 0.1) is 0 Å². The van der Waals surface area contributed by atoms with Crippen LogP contribution < -0.4 is 5.32 Å². The van der Waals surface area contributed by atoms with Crippen molar-refractivity contribution in [3.63, 3.8) is 0 Å². The van der Waals surface area contributed by atoms with Gasteiger partial charge in [-0.15, -0.1) is 0 Å². The van der Waals surface area contributed by atoms with Gasteiger partial charge in [-0.05, 0) is 43.5 Å². The molecule has 0 unspecified atom stereocenters. The Hall–Kier alpha value is -1.85. The minimum absolute atomic E-state index is 0.102. The second-order valence-electron chi connectivity index (χ2n) is 6.40. The first-order valence-corrected chi connectivity index (χ1v) is 9.87. The Labute approximate surface area is 154 Å². The Morgan fingerprint density at radius 1 is 1.20 bits per heavy atom. The zero-order valence-corrected chi connectivity index (χ0v) is 15.3. The van der Waals surface area contributed by atoms with E-state index in [9.17, 15) is 4.79 Å². The van der Waals surface area contributed by atoms with Gasteiger partial charge in [0, 0.05) is 25.3 Å². The predicted octanol–water partition coefficient (Wildman–Crippen LogP) is 3.00. The van der Waals surface area contributed by atoms with Crippen molar-refractivity contribution in [1.82, 2.24) is 15.2 Å². The fourth-order valence-electron chi connectivity index (χ4n) is 3.15. The van der Waals surface area contributed by atoms with Crippen LogP contribution in [-0.2, 0) is 11.2 Å². The number of hydrogen-bond donors (Lipinski definition) is 1. The van der Waals surface area contributed by atoms with Gasteiger partial charge >= 0.3 is 0 Å². The molecule has 0 radical (unpaired) electrons. The normalized spacial score (nSPS) is 18.0. The molecule has 1 atom stereocenters. The van der Waals surface area contributed by atoms with E-state index in [1.807, 2.05) is 18.2 Å². The Morgan fingerprint density at radius 3 is 2.84 bits per heavy atom. The number of nitrogens with zero attached hydrogens (tertiary/aromatic N) is 2. The number of amides is 1. The van der Waals surface area contributed by atoms with E-state index < -0.39 is 0 Å². The third kappa shape index (κ3) is 6.18. The van der Waals surface area contributed by atoms with Crippen molar-refractivity contribution in [3.8, 4) is 0 Å². The zero-order chi connectivity index (χ0) is 17.3. The van der Waals surface area contributed by atoms with Crippen molar-refractivity contribution >= 4 is 17.7 Å². The molecule has 0 spiro atoms. The number of likely N-dealkylation sites (tertiary alicyclic amines) is 1. The summed E-state index contributed by atoms with van der Waals surface area (Å²) < 4.78 is 0.